The van der Waals surface area contributed by atoms with Crippen molar-refractivity contribution in [3.05, 3.63) is 41.9 Å². The molecule has 1 aliphatic heterocycles. The lowest BCUT2D eigenvalue weighted by Gasteiger charge is -2.31. The minimum atomic E-state index is -0.309. The Bertz CT molecular complexity index is 557. The first-order valence-corrected chi connectivity index (χ1v) is 9.59. The van der Waals surface area contributed by atoms with Crippen molar-refractivity contribution in [1.82, 2.24) is 9.80 Å². The number of hydrogen-bond acceptors (Lipinski definition) is 4. The summed E-state index contributed by atoms with van der Waals surface area (Å²) >= 11 is 5.83. The Morgan fingerprint density at radius 2 is 2.00 bits per heavy atom. The third-order valence-electron chi connectivity index (χ3n) is 4.45. The minimum Gasteiger partial charge on any atom is -0.410 e. The summed E-state index contributed by atoms with van der Waals surface area (Å²) < 4.78 is 11.3. The third-order valence-corrected chi connectivity index (χ3v) is 4.70. The number of halogens is 1. The molecule has 0 aliphatic carbocycles. The molecule has 1 aliphatic rings. The lowest BCUT2D eigenvalue weighted by molar-refractivity contribution is 0.00901. The van der Waals surface area contributed by atoms with Gasteiger partial charge in [0.2, 0.25) is 0 Å². The van der Waals surface area contributed by atoms with Crippen molar-refractivity contribution in [1.29, 1.82) is 0 Å². The van der Waals surface area contributed by atoms with E-state index in [0.29, 0.717) is 23.9 Å². The summed E-state index contributed by atoms with van der Waals surface area (Å²) in [7, 11) is 2.10. The van der Waals surface area contributed by atoms with Gasteiger partial charge < -0.3 is 19.3 Å². The number of rotatable bonds is 9. The molecule has 5 nitrogen and oxygen atoms in total. The number of carbonyl (C=O) groups excluding carboxylic acids is 1. The molecule has 0 saturated carbocycles. The monoisotopic (exact) mass is 380 g/mol. The number of likely N-dealkylation sites (tertiary alicyclic amines) is 1. The highest BCUT2D eigenvalue weighted by Gasteiger charge is 2.24. The van der Waals surface area contributed by atoms with Gasteiger partial charge in [0, 0.05) is 31.3 Å². The molecule has 0 bridgehead atoms. The van der Waals surface area contributed by atoms with Crippen LogP contribution in [0.5, 0.6) is 5.75 Å². The first kappa shape index (κ1) is 20.7. The van der Waals surface area contributed by atoms with Crippen LogP contribution in [0.15, 0.2) is 36.9 Å². The Kier molecular flexibility index (Phi) is 8.95. The lowest BCUT2D eigenvalue weighted by atomic mass is 10.1. The van der Waals surface area contributed by atoms with Crippen molar-refractivity contribution < 1.29 is 14.3 Å². The fraction of sp³-hybridized carbons (Fsp3) is 0.550. The molecular formula is C20H29ClN2O3. The second-order valence-corrected chi connectivity index (χ2v) is 7.07. The highest BCUT2D eigenvalue weighted by molar-refractivity contribution is 6.30. The number of nitrogens with zero attached hydrogens (tertiary/aromatic N) is 2. The average molecular weight is 381 g/mol. The van der Waals surface area contributed by atoms with Gasteiger partial charge in [-0.1, -0.05) is 17.7 Å². The van der Waals surface area contributed by atoms with E-state index in [1.165, 1.54) is 0 Å². The Hall–Kier alpha value is -1.56. The molecule has 0 atom stereocenters. The standard InChI is InChI=1S/C20H29ClN2O3/c1-3-12-22(2)13-4-5-16-25-18-10-14-23(15-11-18)20(24)26-19-8-6-17(21)7-9-19/h3,6-9,18H,1,4-5,10-16H2,2H3. The van der Waals surface area contributed by atoms with E-state index in [0.717, 1.165) is 45.4 Å². The summed E-state index contributed by atoms with van der Waals surface area (Å²) in [5, 5.41) is 0.620. The summed E-state index contributed by atoms with van der Waals surface area (Å²) in [6.45, 7) is 7.84. The topological polar surface area (TPSA) is 42.0 Å². The van der Waals surface area contributed by atoms with Crippen LogP contribution in [0.25, 0.3) is 0 Å². The van der Waals surface area contributed by atoms with Gasteiger partial charge in [-0.05, 0) is 63.5 Å². The van der Waals surface area contributed by atoms with Crippen LogP contribution in [0.3, 0.4) is 0 Å². The second-order valence-electron chi connectivity index (χ2n) is 6.64. The van der Waals surface area contributed by atoms with E-state index >= 15 is 0 Å². The number of ether oxygens (including phenoxy) is 2. The Balaban J connectivity index is 1.59. The van der Waals surface area contributed by atoms with E-state index in [9.17, 15) is 4.79 Å². The average Bonchev–Trinajstić information content (AvgIpc) is 2.64. The molecule has 6 heteroatoms. The van der Waals surface area contributed by atoms with E-state index in [-0.39, 0.29) is 12.2 Å². The van der Waals surface area contributed by atoms with Crippen LogP contribution in [-0.2, 0) is 4.74 Å². The molecule has 26 heavy (non-hydrogen) atoms. The number of carbonyl (C=O) groups is 1. The quantitative estimate of drug-likeness (QED) is 0.475. The molecule has 0 N–H and O–H groups in total. The molecule has 0 radical (unpaired) electrons. The zero-order valence-corrected chi connectivity index (χ0v) is 16.3. The van der Waals surface area contributed by atoms with Gasteiger partial charge in [0.25, 0.3) is 0 Å². The lowest BCUT2D eigenvalue weighted by Crippen LogP contribution is -2.42. The normalized spacial score (nSPS) is 15.3. The molecule has 1 aromatic rings. The highest BCUT2D eigenvalue weighted by atomic mass is 35.5. The Morgan fingerprint density at radius 1 is 1.31 bits per heavy atom. The fourth-order valence-corrected chi connectivity index (χ4v) is 3.04. The fourth-order valence-electron chi connectivity index (χ4n) is 2.92. The summed E-state index contributed by atoms with van der Waals surface area (Å²) in [4.78, 5) is 16.2. The van der Waals surface area contributed by atoms with Gasteiger partial charge in [-0.15, -0.1) is 6.58 Å². The van der Waals surface area contributed by atoms with E-state index < -0.39 is 0 Å². The molecule has 0 unspecified atom stereocenters. The number of likely N-dealkylation sites (N-methyl/N-ethyl adjacent to an activating group) is 1. The number of unbranched alkanes of at least 4 members (excludes halogenated alkanes) is 1. The van der Waals surface area contributed by atoms with Crippen molar-refractivity contribution in [2.45, 2.75) is 31.8 Å². The maximum Gasteiger partial charge on any atom is 0.415 e. The second kappa shape index (κ2) is 11.2. The van der Waals surface area contributed by atoms with Crippen molar-refractivity contribution in [2.24, 2.45) is 0 Å². The molecule has 2 rings (SSSR count). The molecule has 0 spiro atoms. The van der Waals surface area contributed by atoms with Crippen LogP contribution >= 0.6 is 11.6 Å². The van der Waals surface area contributed by atoms with Gasteiger partial charge in [-0.2, -0.15) is 0 Å². The smallest absolute Gasteiger partial charge is 0.410 e. The van der Waals surface area contributed by atoms with Gasteiger partial charge >= 0.3 is 6.09 Å². The number of piperidine rings is 1. The van der Waals surface area contributed by atoms with Gasteiger partial charge in [-0.25, -0.2) is 4.79 Å². The van der Waals surface area contributed by atoms with E-state index in [4.69, 9.17) is 21.1 Å². The van der Waals surface area contributed by atoms with Gasteiger partial charge in [0.15, 0.2) is 0 Å². The maximum absolute atomic E-state index is 12.2. The van der Waals surface area contributed by atoms with Gasteiger partial charge in [0.1, 0.15) is 5.75 Å². The first-order chi connectivity index (χ1) is 12.6. The zero-order valence-electron chi connectivity index (χ0n) is 15.5. The molecular weight excluding hydrogens is 352 g/mol. The molecule has 1 heterocycles. The largest absolute Gasteiger partial charge is 0.415 e. The van der Waals surface area contributed by atoms with Crippen LogP contribution in [0.4, 0.5) is 4.79 Å². The van der Waals surface area contributed by atoms with Crippen LogP contribution in [0.2, 0.25) is 5.02 Å². The van der Waals surface area contributed by atoms with E-state index in [1.54, 1.807) is 29.2 Å². The first-order valence-electron chi connectivity index (χ1n) is 9.22. The van der Waals surface area contributed by atoms with E-state index in [2.05, 4.69) is 18.5 Å². The van der Waals surface area contributed by atoms with Gasteiger partial charge in [-0.3, -0.25) is 0 Å². The van der Waals surface area contributed by atoms with Crippen molar-refractivity contribution in [3.63, 3.8) is 0 Å². The van der Waals surface area contributed by atoms with Crippen LogP contribution in [0.1, 0.15) is 25.7 Å². The van der Waals surface area contributed by atoms with Crippen LogP contribution in [0, 0.1) is 0 Å². The molecule has 1 aromatic carbocycles. The predicted octanol–water partition coefficient (Wildman–Crippen LogP) is 4.22. The molecule has 1 saturated heterocycles. The van der Waals surface area contributed by atoms with Crippen molar-refractivity contribution in [3.8, 4) is 5.75 Å². The van der Waals surface area contributed by atoms with Crippen molar-refractivity contribution in [2.75, 3.05) is 39.8 Å². The summed E-state index contributed by atoms with van der Waals surface area (Å²) in [6.07, 6.45) is 5.73. The molecule has 1 fully saturated rings. The number of amides is 1. The van der Waals surface area contributed by atoms with Crippen LogP contribution < -0.4 is 4.74 Å². The predicted molar refractivity (Wildman–Crippen MR) is 105 cm³/mol. The number of hydrogen-bond donors (Lipinski definition) is 0. The third kappa shape index (κ3) is 7.36. The maximum atomic E-state index is 12.2. The van der Waals surface area contributed by atoms with Crippen molar-refractivity contribution >= 4 is 17.7 Å². The van der Waals surface area contributed by atoms with Crippen LogP contribution in [-0.4, -0.2) is 61.8 Å². The highest BCUT2D eigenvalue weighted by Crippen LogP contribution is 2.19. The van der Waals surface area contributed by atoms with Gasteiger partial charge in [0.05, 0.1) is 6.10 Å². The zero-order chi connectivity index (χ0) is 18.8. The summed E-state index contributed by atoms with van der Waals surface area (Å²) in [6, 6.07) is 6.81. The minimum absolute atomic E-state index is 0.237. The molecule has 0 aromatic heterocycles. The van der Waals surface area contributed by atoms with E-state index in [1.807, 2.05) is 6.08 Å². The molecule has 144 valence electrons. The SMILES string of the molecule is C=CCN(C)CCCCOC1CCN(C(=O)Oc2ccc(Cl)cc2)CC1. The summed E-state index contributed by atoms with van der Waals surface area (Å²) in [5.74, 6) is 0.513. The number of benzene rings is 1. The molecule has 1 amide bonds. The Morgan fingerprint density at radius 3 is 2.65 bits per heavy atom. The summed E-state index contributed by atoms with van der Waals surface area (Å²) in [5.41, 5.74) is 0. The Labute approximate surface area is 161 Å².